The number of rotatable bonds is 1. The van der Waals surface area contributed by atoms with Gasteiger partial charge in [0.15, 0.2) is 0 Å². The van der Waals surface area contributed by atoms with Crippen molar-refractivity contribution in [2.75, 3.05) is 6.54 Å². The molecule has 0 spiro atoms. The molecule has 0 saturated carbocycles. The van der Waals surface area contributed by atoms with Crippen LogP contribution in [0.4, 0.5) is 5.69 Å². The zero-order valence-electron chi connectivity index (χ0n) is 10.3. The number of guanidine groups is 1. The number of amides is 1. The maximum atomic E-state index is 11.5. The zero-order chi connectivity index (χ0) is 14.4. The van der Waals surface area contributed by atoms with Crippen molar-refractivity contribution in [3.8, 4) is 0 Å². The Bertz CT molecular complexity index is 660. The standard InChI is InChI=1S/C12H9Cl2N3O3/c1-5(18)20-11-9-7(3-2-6(13)10(9)14)15-12-16-8(19)4-17(11)12/h2-3,11H,4H2,1H3,(H,15,16,19)/t11-/m0/s1. The molecular weight excluding hydrogens is 305 g/mol. The van der Waals surface area contributed by atoms with E-state index < -0.39 is 12.2 Å². The first-order chi connectivity index (χ1) is 9.47. The molecule has 2 aliphatic rings. The number of hydrogen-bond donors (Lipinski definition) is 1. The normalized spacial score (nSPS) is 19.9. The van der Waals surface area contributed by atoms with Crippen LogP contribution in [0.15, 0.2) is 17.1 Å². The Kier molecular flexibility index (Phi) is 3.07. The van der Waals surface area contributed by atoms with Crippen LogP contribution in [0.1, 0.15) is 18.7 Å². The summed E-state index contributed by atoms with van der Waals surface area (Å²) in [5.41, 5.74) is 0.994. The predicted octanol–water partition coefficient (Wildman–Crippen LogP) is 1.99. The van der Waals surface area contributed by atoms with Crippen LogP contribution in [-0.2, 0) is 14.3 Å². The molecule has 1 N–H and O–H groups in total. The predicted molar refractivity (Wildman–Crippen MR) is 72.9 cm³/mol. The summed E-state index contributed by atoms with van der Waals surface area (Å²) in [5, 5.41) is 3.20. The molecule has 0 radical (unpaired) electrons. The first-order valence-corrected chi connectivity index (χ1v) is 6.53. The van der Waals surface area contributed by atoms with Crippen LogP contribution >= 0.6 is 23.2 Å². The molecule has 0 aromatic heterocycles. The van der Waals surface area contributed by atoms with E-state index in [0.29, 0.717) is 22.2 Å². The van der Waals surface area contributed by atoms with E-state index in [-0.39, 0.29) is 17.5 Å². The second-order valence-corrected chi connectivity index (χ2v) is 5.15. The van der Waals surface area contributed by atoms with Gasteiger partial charge in [-0.3, -0.25) is 19.8 Å². The van der Waals surface area contributed by atoms with E-state index >= 15 is 0 Å². The first kappa shape index (κ1) is 13.2. The van der Waals surface area contributed by atoms with E-state index in [4.69, 9.17) is 27.9 Å². The number of fused-ring (bicyclic) bond motifs is 2. The van der Waals surface area contributed by atoms with E-state index in [9.17, 15) is 9.59 Å². The molecule has 104 valence electrons. The lowest BCUT2D eigenvalue weighted by molar-refractivity contribution is -0.154. The van der Waals surface area contributed by atoms with Gasteiger partial charge in [-0.25, -0.2) is 4.99 Å². The Morgan fingerprint density at radius 3 is 2.95 bits per heavy atom. The third kappa shape index (κ3) is 2.01. The van der Waals surface area contributed by atoms with Gasteiger partial charge < -0.3 is 4.74 Å². The highest BCUT2D eigenvalue weighted by Crippen LogP contribution is 2.43. The monoisotopic (exact) mass is 313 g/mol. The highest BCUT2D eigenvalue weighted by molar-refractivity contribution is 6.42. The molecule has 1 atom stereocenters. The van der Waals surface area contributed by atoms with Crippen LogP contribution < -0.4 is 5.32 Å². The number of ether oxygens (including phenoxy) is 1. The fourth-order valence-corrected chi connectivity index (χ4v) is 2.61. The van der Waals surface area contributed by atoms with E-state index in [1.165, 1.54) is 11.8 Å². The summed E-state index contributed by atoms with van der Waals surface area (Å²) in [6.45, 7) is 1.33. The minimum absolute atomic E-state index is 0.0407. The van der Waals surface area contributed by atoms with Crippen molar-refractivity contribution in [1.29, 1.82) is 0 Å². The van der Waals surface area contributed by atoms with Gasteiger partial charge in [0.05, 0.1) is 21.3 Å². The molecular formula is C12H9Cl2N3O3. The van der Waals surface area contributed by atoms with Gasteiger partial charge in [-0.1, -0.05) is 23.2 Å². The number of halogens is 2. The lowest BCUT2D eigenvalue weighted by atomic mass is 10.1. The Morgan fingerprint density at radius 2 is 2.25 bits per heavy atom. The maximum absolute atomic E-state index is 11.5. The van der Waals surface area contributed by atoms with E-state index in [2.05, 4.69) is 10.3 Å². The first-order valence-electron chi connectivity index (χ1n) is 5.77. The molecule has 0 bridgehead atoms. The molecule has 1 aromatic rings. The van der Waals surface area contributed by atoms with Crippen molar-refractivity contribution in [1.82, 2.24) is 10.2 Å². The maximum Gasteiger partial charge on any atom is 0.304 e. The van der Waals surface area contributed by atoms with Gasteiger partial charge in [-0.2, -0.15) is 0 Å². The Morgan fingerprint density at radius 1 is 1.50 bits per heavy atom. The van der Waals surface area contributed by atoms with Crippen LogP contribution in [-0.4, -0.2) is 29.3 Å². The van der Waals surface area contributed by atoms with Crippen LogP contribution in [0.25, 0.3) is 0 Å². The minimum Gasteiger partial charge on any atom is -0.437 e. The fraction of sp³-hybridized carbons (Fsp3) is 0.250. The van der Waals surface area contributed by atoms with Crippen LogP contribution in [0, 0.1) is 0 Å². The molecule has 6 nitrogen and oxygen atoms in total. The molecule has 8 heteroatoms. The number of hydrogen-bond acceptors (Lipinski definition) is 5. The molecule has 0 unspecified atom stereocenters. The number of nitrogens with zero attached hydrogens (tertiary/aromatic N) is 2. The van der Waals surface area contributed by atoms with Crippen LogP contribution in [0.3, 0.4) is 0 Å². The molecule has 3 rings (SSSR count). The summed E-state index contributed by atoms with van der Waals surface area (Å²) in [6, 6.07) is 3.26. The number of esters is 1. The molecule has 2 aliphatic heterocycles. The smallest absolute Gasteiger partial charge is 0.304 e. The summed E-state index contributed by atoms with van der Waals surface area (Å²) in [4.78, 5) is 28.7. The van der Waals surface area contributed by atoms with E-state index in [1.807, 2.05) is 0 Å². The summed E-state index contributed by atoms with van der Waals surface area (Å²) in [6.07, 6.45) is -0.819. The number of nitrogens with one attached hydrogen (secondary N) is 1. The number of benzene rings is 1. The minimum atomic E-state index is -0.819. The largest absolute Gasteiger partial charge is 0.437 e. The Hall–Kier alpha value is -1.79. The summed E-state index contributed by atoms with van der Waals surface area (Å²) >= 11 is 12.2. The van der Waals surface area contributed by atoms with Gasteiger partial charge in [0.1, 0.15) is 6.54 Å². The van der Waals surface area contributed by atoms with E-state index in [1.54, 1.807) is 12.1 Å². The summed E-state index contributed by atoms with van der Waals surface area (Å²) in [5.74, 6) is -0.374. The third-order valence-electron chi connectivity index (χ3n) is 2.98. The Labute approximate surface area is 124 Å². The number of carbonyl (C=O) groups is 2. The average molecular weight is 314 g/mol. The van der Waals surface area contributed by atoms with Crippen molar-refractivity contribution in [3.63, 3.8) is 0 Å². The topological polar surface area (TPSA) is 71.0 Å². The van der Waals surface area contributed by atoms with Crippen molar-refractivity contribution in [2.24, 2.45) is 4.99 Å². The second kappa shape index (κ2) is 4.64. The van der Waals surface area contributed by atoms with Crippen molar-refractivity contribution in [2.45, 2.75) is 13.2 Å². The van der Waals surface area contributed by atoms with Gasteiger partial charge >= 0.3 is 5.97 Å². The third-order valence-corrected chi connectivity index (χ3v) is 3.80. The zero-order valence-corrected chi connectivity index (χ0v) is 11.8. The lowest BCUT2D eigenvalue weighted by Crippen LogP contribution is -2.38. The van der Waals surface area contributed by atoms with E-state index in [0.717, 1.165) is 0 Å². The molecule has 1 saturated heterocycles. The molecule has 1 fully saturated rings. The summed E-state index contributed by atoms with van der Waals surface area (Å²) < 4.78 is 5.29. The molecule has 2 heterocycles. The molecule has 1 aromatic carbocycles. The quantitative estimate of drug-likeness (QED) is 0.805. The van der Waals surface area contributed by atoms with Gasteiger partial charge in [0.2, 0.25) is 18.1 Å². The van der Waals surface area contributed by atoms with Crippen molar-refractivity contribution < 1.29 is 14.3 Å². The average Bonchev–Trinajstić information content (AvgIpc) is 2.73. The molecule has 1 amide bonds. The molecule has 0 aliphatic carbocycles. The van der Waals surface area contributed by atoms with Crippen LogP contribution in [0.2, 0.25) is 10.0 Å². The molecule has 20 heavy (non-hydrogen) atoms. The van der Waals surface area contributed by atoms with Gasteiger partial charge in [0, 0.05) is 6.92 Å². The Balaban J connectivity index is 2.16. The fourth-order valence-electron chi connectivity index (χ4n) is 2.19. The van der Waals surface area contributed by atoms with Gasteiger partial charge in [-0.05, 0) is 12.1 Å². The summed E-state index contributed by atoms with van der Waals surface area (Å²) in [7, 11) is 0. The SMILES string of the molecule is CC(=O)O[C@H]1c2c(ccc(Cl)c2Cl)N=C2NC(=O)CN21. The second-order valence-electron chi connectivity index (χ2n) is 4.37. The van der Waals surface area contributed by atoms with Gasteiger partial charge in [-0.15, -0.1) is 0 Å². The number of carbonyl (C=O) groups excluding carboxylic acids is 2. The highest BCUT2D eigenvalue weighted by atomic mass is 35.5. The van der Waals surface area contributed by atoms with Crippen molar-refractivity contribution in [3.05, 3.63) is 27.7 Å². The lowest BCUT2D eigenvalue weighted by Gasteiger charge is -2.32. The van der Waals surface area contributed by atoms with Gasteiger partial charge in [0.25, 0.3) is 0 Å². The van der Waals surface area contributed by atoms with Crippen LogP contribution in [0.5, 0.6) is 0 Å². The van der Waals surface area contributed by atoms with Crippen molar-refractivity contribution >= 4 is 46.7 Å². The highest BCUT2D eigenvalue weighted by Gasteiger charge is 2.40. The number of aliphatic imine (C=N–C) groups is 1.